The molecule has 3 heteroatoms. The van der Waals surface area contributed by atoms with Gasteiger partial charge in [0.1, 0.15) is 5.76 Å². The van der Waals surface area contributed by atoms with Crippen LogP contribution in [0.2, 0.25) is 0 Å². The van der Waals surface area contributed by atoms with E-state index in [1.807, 2.05) is 37.3 Å². The van der Waals surface area contributed by atoms with Crippen molar-refractivity contribution in [3.05, 3.63) is 53.7 Å². The minimum Gasteiger partial charge on any atom is -0.442 e. The van der Waals surface area contributed by atoms with Gasteiger partial charge >= 0.3 is 0 Å². The first-order valence-electron chi connectivity index (χ1n) is 7.98. The first-order chi connectivity index (χ1) is 10.2. The normalized spacial score (nSPS) is 19.3. The molecule has 0 spiro atoms. The summed E-state index contributed by atoms with van der Waals surface area (Å²) in [5.74, 6) is 1.46. The van der Waals surface area contributed by atoms with Crippen molar-refractivity contribution in [3.63, 3.8) is 0 Å². The lowest BCUT2D eigenvalue weighted by Gasteiger charge is -2.36. The van der Waals surface area contributed by atoms with E-state index < -0.39 is 5.60 Å². The van der Waals surface area contributed by atoms with Crippen LogP contribution in [0, 0.1) is 5.92 Å². The summed E-state index contributed by atoms with van der Waals surface area (Å²) in [7, 11) is 0. The van der Waals surface area contributed by atoms with Crippen LogP contribution in [0.25, 0.3) is 0 Å². The quantitative estimate of drug-likeness (QED) is 0.921. The highest BCUT2D eigenvalue weighted by Gasteiger charge is 2.44. The van der Waals surface area contributed by atoms with Crippen molar-refractivity contribution in [2.75, 3.05) is 0 Å². The molecular formula is C18H23NO2. The molecule has 0 aliphatic heterocycles. The van der Waals surface area contributed by atoms with Gasteiger partial charge in [0.05, 0.1) is 6.20 Å². The van der Waals surface area contributed by atoms with Crippen molar-refractivity contribution in [1.82, 2.24) is 4.98 Å². The van der Waals surface area contributed by atoms with Gasteiger partial charge in [0, 0.05) is 12.3 Å². The van der Waals surface area contributed by atoms with Crippen molar-refractivity contribution in [1.29, 1.82) is 0 Å². The summed E-state index contributed by atoms with van der Waals surface area (Å²) < 4.78 is 5.84. The summed E-state index contributed by atoms with van der Waals surface area (Å²) in [6.45, 7) is 2.03. The van der Waals surface area contributed by atoms with E-state index in [0.29, 0.717) is 5.89 Å². The van der Waals surface area contributed by atoms with Crippen LogP contribution in [0.1, 0.15) is 56.2 Å². The van der Waals surface area contributed by atoms with Gasteiger partial charge in [0.15, 0.2) is 5.60 Å². The Balaban J connectivity index is 2.05. The van der Waals surface area contributed by atoms with E-state index in [9.17, 15) is 5.11 Å². The summed E-state index contributed by atoms with van der Waals surface area (Å²) in [5.41, 5.74) is -0.212. The Morgan fingerprint density at radius 1 is 1.19 bits per heavy atom. The van der Waals surface area contributed by atoms with Crippen molar-refractivity contribution < 1.29 is 9.52 Å². The highest BCUT2D eigenvalue weighted by atomic mass is 16.4. The van der Waals surface area contributed by atoms with E-state index in [4.69, 9.17) is 4.42 Å². The molecule has 0 bridgehead atoms. The van der Waals surface area contributed by atoms with Crippen LogP contribution in [-0.2, 0) is 12.0 Å². The molecule has 0 unspecified atom stereocenters. The van der Waals surface area contributed by atoms with E-state index in [0.717, 1.165) is 30.6 Å². The van der Waals surface area contributed by atoms with Crippen molar-refractivity contribution in [2.45, 2.75) is 51.0 Å². The molecule has 1 fully saturated rings. The molecule has 1 atom stereocenters. The van der Waals surface area contributed by atoms with Crippen LogP contribution in [0.4, 0.5) is 0 Å². The molecule has 1 N–H and O–H groups in total. The van der Waals surface area contributed by atoms with Crippen LogP contribution >= 0.6 is 0 Å². The van der Waals surface area contributed by atoms with Crippen molar-refractivity contribution >= 4 is 0 Å². The minimum absolute atomic E-state index is 0.178. The Kier molecular flexibility index (Phi) is 4.11. The maximum absolute atomic E-state index is 11.5. The fourth-order valence-electron chi connectivity index (χ4n) is 3.39. The largest absolute Gasteiger partial charge is 0.442 e. The lowest BCUT2D eigenvalue weighted by atomic mass is 9.73. The summed E-state index contributed by atoms with van der Waals surface area (Å²) in [5, 5.41) is 11.5. The van der Waals surface area contributed by atoms with Gasteiger partial charge in [0.25, 0.3) is 0 Å². The number of rotatable bonds is 4. The molecule has 0 radical (unpaired) electrons. The van der Waals surface area contributed by atoms with E-state index in [1.165, 1.54) is 19.3 Å². The van der Waals surface area contributed by atoms with Crippen LogP contribution in [0.5, 0.6) is 0 Å². The number of aliphatic hydroxyl groups is 1. The molecule has 1 aromatic carbocycles. The number of benzene rings is 1. The SMILES string of the molecule is CCc1cnc([C@](O)(c2ccccc2)C2CCCCC2)o1. The third-order valence-electron chi connectivity index (χ3n) is 4.64. The third-order valence-corrected chi connectivity index (χ3v) is 4.64. The molecule has 1 saturated carbocycles. The number of hydrogen-bond donors (Lipinski definition) is 1. The maximum Gasteiger partial charge on any atom is 0.231 e. The molecule has 1 heterocycles. The zero-order valence-corrected chi connectivity index (χ0v) is 12.6. The van der Waals surface area contributed by atoms with Crippen LogP contribution in [0.15, 0.2) is 40.9 Å². The molecule has 2 aromatic rings. The Hall–Kier alpha value is -1.61. The smallest absolute Gasteiger partial charge is 0.231 e. The molecule has 0 amide bonds. The second-order valence-corrected chi connectivity index (χ2v) is 5.95. The molecule has 21 heavy (non-hydrogen) atoms. The van der Waals surface area contributed by atoms with Gasteiger partial charge in [-0.2, -0.15) is 0 Å². The Morgan fingerprint density at radius 2 is 1.90 bits per heavy atom. The predicted octanol–water partition coefficient (Wildman–Crippen LogP) is 4.05. The number of aromatic nitrogens is 1. The summed E-state index contributed by atoms with van der Waals surface area (Å²) in [6.07, 6.45) is 8.18. The molecule has 112 valence electrons. The van der Waals surface area contributed by atoms with Crippen LogP contribution < -0.4 is 0 Å². The highest BCUT2D eigenvalue weighted by Crippen LogP contribution is 2.43. The minimum atomic E-state index is -1.10. The van der Waals surface area contributed by atoms with Crippen molar-refractivity contribution in [3.8, 4) is 0 Å². The van der Waals surface area contributed by atoms with Gasteiger partial charge in [-0.15, -0.1) is 0 Å². The number of hydrogen-bond acceptors (Lipinski definition) is 3. The average molecular weight is 285 g/mol. The van der Waals surface area contributed by atoms with Gasteiger partial charge in [-0.3, -0.25) is 0 Å². The van der Waals surface area contributed by atoms with E-state index in [-0.39, 0.29) is 5.92 Å². The lowest BCUT2D eigenvalue weighted by molar-refractivity contribution is -0.0238. The summed E-state index contributed by atoms with van der Waals surface area (Å²) >= 11 is 0. The monoisotopic (exact) mass is 285 g/mol. The van der Waals surface area contributed by atoms with Crippen LogP contribution in [0.3, 0.4) is 0 Å². The number of aryl methyl sites for hydroxylation is 1. The standard InChI is InChI=1S/C18H23NO2/c1-2-16-13-19-17(21-16)18(20,14-9-5-3-6-10-14)15-11-7-4-8-12-15/h3,5-6,9-10,13,15,20H,2,4,7-8,11-12H2,1H3/t18-/m0/s1. The number of nitrogens with zero attached hydrogens (tertiary/aromatic N) is 1. The Labute approximate surface area is 126 Å². The topological polar surface area (TPSA) is 46.3 Å². The first kappa shape index (κ1) is 14.3. The second-order valence-electron chi connectivity index (χ2n) is 5.95. The maximum atomic E-state index is 11.5. The lowest BCUT2D eigenvalue weighted by Crippen LogP contribution is -2.38. The molecule has 1 aliphatic rings. The van der Waals surface area contributed by atoms with Crippen molar-refractivity contribution in [2.24, 2.45) is 5.92 Å². The fourth-order valence-corrected chi connectivity index (χ4v) is 3.39. The average Bonchev–Trinajstić information content (AvgIpc) is 3.05. The molecule has 0 saturated heterocycles. The van der Waals surface area contributed by atoms with Crippen LogP contribution in [-0.4, -0.2) is 10.1 Å². The summed E-state index contributed by atoms with van der Waals surface area (Å²) in [6, 6.07) is 9.85. The van der Waals surface area contributed by atoms with E-state index in [2.05, 4.69) is 4.98 Å². The van der Waals surface area contributed by atoms with Gasteiger partial charge in [-0.25, -0.2) is 4.98 Å². The predicted molar refractivity (Wildman–Crippen MR) is 81.9 cm³/mol. The molecule has 1 aliphatic carbocycles. The Bertz CT molecular complexity index is 572. The van der Waals surface area contributed by atoms with E-state index in [1.54, 1.807) is 6.20 Å². The zero-order valence-electron chi connectivity index (χ0n) is 12.6. The molecule has 3 nitrogen and oxygen atoms in total. The van der Waals surface area contributed by atoms with Gasteiger partial charge in [-0.05, 0) is 18.4 Å². The van der Waals surface area contributed by atoms with Gasteiger partial charge in [-0.1, -0.05) is 56.5 Å². The number of oxazole rings is 1. The fraction of sp³-hybridized carbons (Fsp3) is 0.500. The first-order valence-corrected chi connectivity index (χ1v) is 7.98. The van der Waals surface area contributed by atoms with Gasteiger partial charge < -0.3 is 9.52 Å². The molecular weight excluding hydrogens is 262 g/mol. The summed E-state index contributed by atoms with van der Waals surface area (Å²) in [4.78, 5) is 4.39. The van der Waals surface area contributed by atoms with E-state index >= 15 is 0 Å². The molecule has 3 rings (SSSR count). The second kappa shape index (κ2) is 6.02. The highest BCUT2D eigenvalue weighted by molar-refractivity contribution is 5.30. The zero-order chi connectivity index (χ0) is 14.7. The third kappa shape index (κ3) is 2.62. The van der Waals surface area contributed by atoms with Gasteiger partial charge in [0.2, 0.25) is 5.89 Å². The molecule has 1 aromatic heterocycles. The Morgan fingerprint density at radius 3 is 2.52 bits per heavy atom.